The highest BCUT2D eigenvalue weighted by Crippen LogP contribution is 2.19. The van der Waals surface area contributed by atoms with Crippen LogP contribution in [0.3, 0.4) is 0 Å². The van der Waals surface area contributed by atoms with Crippen molar-refractivity contribution in [2.24, 2.45) is 0 Å². The first-order chi connectivity index (χ1) is 13.2. The third-order valence-electron chi connectivity index (χ3n) is 3.66. The van der Waals surface area contributed by atoms with Crippen molar-refractivity contribution in [2.75, 3.05) is 18.2 Å². The third kappa shape index (κ3) is 5.15. The number of carbonyl (C=O) groups is 2. The molecular formula is C20H17N3O3S. The molecule has 6 nitrogen and oxygen atoms in total. The van der Waals surface area contributed by atoms with E-state index in [1.54, 1.807) is 67.8 Å². The summed E-state index contributed by atoms with van der Waals surface area (Å²) in [6, 6.07) is 19.3. The molecule has 1 heterocycles. The van der Waals surface area contributed by atoms with Gasteiger partial charge in [-0.3, -0.25) is 9.59 Å². The molecule has 0 aliphatic rings. The Morgan fingerprint density at radius 1 is 0.963 bits per heavy atom. The minimum absolute atomic E-state index is 0.0258. The van der Waals surface area contributed by atoms with Gasteiger partial charge in [0.15, 0.2) is 11.6 Å². The Hall–Kier alpha value is -3.19. The molecule has 0 aliphatic carbocycles. The van der Waals surface area contributed by atoms with Crippen molar-refractivity contribution in [3.05, 3.63) is 77.9 Å². The van der Waals surface area contributed by atoms with Gasteiger partial charge in [0.1, 0.15) is 10.8 Å². The van der Waals surface area contributed by atoms with E-state index in [9.17, 15) is 9.59 Å². The Morgan fingerprint density at radius 2 is 1.74 bits per heavy atom. The fraction of sp³-hybridized carbons (Fsp3) is 0.100. The Balaban J connectivity index is 1.56. The van der Waals surface area contributed by atoms with Gasteiger partial charge in [0.05, 0.1) is 12.9 Å². The first kappa shape index (κ1) is 18.6. The van der Waals surface area contributed by atoms with Crippen LogP contribution in [0.2, 0.25) is 0 Å². The van der Waals surface area contributed by atoms with Gasteiger partial charge in [0.25, 0.3) is 5.91 Å². The highest BCUT2D eigenvalue weighted by Gasteiger charge is 2.10. The Bertz CT molecular complexity index is 931. The molecule has 0 bridgehead atoms. The van der Waals surface area contributed by atoms with Gasteiger partial charge in [0, 0.05) is 11.1 Å². The van der Waals surface area contributed by atoms with Gasteiger partial charge in [-0.15, -0.1) is 10.2 Å². The molecule has 0 saturated carbocycles. The number of hydrogen-bond acceptors (Lipinski definition) is 6. The van der Waals surface area contributed by atoms with Crippen molar-refractivity contribution >= 4 is 29.3 Å². The average Bonchev–Trinajstić information content (AvgIpc) is 2.73. The zero-order chi connectivity index (χ0) is 19.1. The smallest absolute Gasteiger partial charge is 0.256 e. The molecule has 1 aromatic heterocycles. The van der Waals surface area contributed by atoms with Crippen LogP contribution in [-0.2, 0) is 0 Å². The molecule has 0 aliphatic heterocycles. The summed E-state index contributed by atoms with van der Waals surface area (Å²) in [6.07, 6.45) is 0. The predicted molar refractivity (Wildman–Crippen MR) is 104 cm³/mol. The molecule has 0 spiro atoms. The Kier molecular flexibility index (Phi) is 6.17. The topological polar surface area (TPSA) is 81.2 Å². The first-order valence-corrected chi connectivity index (χ1v) is 9.14. The number of benzene rings is 2. The number of carbonyl (C=O) groups excluding carboxylic acids is 2. The monoisotopic (exact) mass is 379 g/mol. The number of aromatic nitrogens is 2. The molecule has 27 heavy (non-hydrogen) atoms. The molecule has 0 radical (unpaired) electrons. The average molecular weight is 379 g/mol. The maximum Gasteiger partial charge on any atom is 0.256 e. The number of amides is 1. The summed E-state index contributed by atoms with van der Waals surface area (Å²) in [7, 11) is 1.56. The zero-order valence-electron chi connectivity index (χ0n) is 14.6. The second-order valence-electron chi connectivity index (χ2n) is 5.52. The quantitative estimate of drug-likeness (QED) is 0.498. The van der Waals surface area contributed by atoms with Crippen LogP contribution in [0.1, 0.15) is 20.7 Å². The summed E-state index contributed by atoms with van der Waals surface area (Å²) >= 11 is 1.28. The van der Waals surface area contributed by atoms with E-state index in [2.05, 4.69) is 15.5 Å². The van der Waals surface area contributed by atoms with Gasteiger partial charge in [-0.05, 0) is 36.4 Å². The second kappa shape index (κ2) is 8.95. The molecular weight excluding hydrogens is 362 g/mol. The van der Waals surface area contributed by atoms with Crippen LogP contribution in [0.15, 0.2) is 71.8 Å². The van der Waals surface area contributed by atoms with E-state index >= 15 is 0 Å². The van der Waals surface area contributed by atoms with Crippen LogP contribution in [0.5, 0.6) is 5.75 Å². The molecule has 1 N–H and O–H groups in total. The highest BCUT2D eigenvalue weighted by molar-refractivity contribution is 7.99. The van der Waals surface area contributed by atoms with Crippen LogP contribution in [0.4, 0.5) is 5.82 Å². The van der Waals surface area contributed by atoms with Crippen LogP contribution < -0.4 is 10.1 Å². The third-order valence-corrected chi connectivity index (χ3v) is 4.58. The van der Waals surface area contributed by atoms with Crippen LogP contribution >= 0.6 is 11.8 Å². The fourth-order valence-electron chi connectivity index (χ4n) is 2.26. The van der Waals surface area contributed by atoms with Gasteiger partial charge in [-0.25, -0.2) is 0 Å². The number of ether oxygens (including phenoxy) is 1. The number of ketones is 1. The Labute approximate surface area is 161 Å². The molecule has 0 atom stereocenters. The van der Waals surface area contributed by atoms with Crippen molar-refractivity contribution in [1.82, 2.24) is 10.2 Å². The number of rotatable bonds is 7. The number of nitrogens with zero attached hydrogens (tertiary/aromatic N) is 2. The molecule has 2 aromatic carbocycles. The van der Waals surface area contributed by atoms with E-state index in [1.165, 1.54) is 11.8 Å². The lowest BCUT2D eigenvalue weighted by Gasteiger charge is -2.05. The minimum Gasteiger partial charge on any atom is -0.497 e. The zero-order valence-corrected chi connectivity index (χ0v) is 15.4. The normalized spacial score (nSPS) is 10.3. The van der Waals surface area contributed by atoms with Crippen LogP contribution in [-0.4, -0.2) is 34.8 Å². The summed E-state index contributed by atoms with van der Waals surface area (Å²) in [5.74, 6) is 0.953. The molecule has 7 heteroatoms. The van der Waals surface area contributed by atoms with Crippen LogP contribution in [0.25, 0.3) is 0 Å². The maximum atomic E-state index is 12.3. The van der Waals surface area contributed by atoms with E-state index in [0.29, 0.717) is 27.7 Å². The van der Waals surface area contributed by atoms with Crippen molar-refractivity contribution in [2.45, 2.75) is 5.03 Å². The lowest BCUT2D eigenvalue weighted by Crippen LogP contribution is -2.13. The molecule has 3 rings (SSSR count). The van der Waals surface area contributed by atoms with E-state index in [0.717, 1.165) is 0 Å². The van der Waals surface area contributed by atoms with Gasteiger partial charge >= 0.3 is 0 Å². The van der Waals surface area contributed by atoms with Crippen molar-refractivity contribution < 1.29 is 14.3 Å². The molecule has 3 aromatic rings. The second-order valence-corrected chi connectivity index (χ2v) is 6.52. The SMILES string of the molecule is COc1cccc(C(=O)CSc2ccc(NC(=O)c3ccccc3)nn2)c1. The molecule has 136 valence electrons. The highest BCUT2D eigenvalue weighted by atomic mass is 32.2. The van der Waals surface area contributed by atoms with Gasteiger partial charge in [-0.2, -0.15) is 0 Å². The molecule has 0 fully saturated rings. The molecule has 0 unspecified atom stereocenters. The van der Waals surface area contributed by atoms with E-state index in [-0.39, 0.29) is 17.4 Å². The predicted octanol–water partition coefficient (Wildman–Crippen LogP) is 3.71. The molecule has 0 saturated heterocycles. The summed E-state index contributed by atoms with van der Waals surface area (Å²) < 4.78 is 5.13. The lowest BCUT2D eigenvalue weighted by atomic mass is 10.1. The summed E-state index contributed by atoms with van der Waals surface area (Å²) in [4.78, 5) is 24.4. The van der Waals surface area contributed by atoms with Crippen LogP contribution in [0, 0.1) is 0 Å². The number of nitrogens with one attached hydrogen (secondary N) is 1. The largest absolute Gasteiger partial charge is 0.497 e. The minimum atomic E-state index is -0.251. The lowest BCUT2D eigenvalue weighted by molar-refractivity contribution is 0.101. The first-order valence-electron chi connectivity index (χ1n) is 8.16. The fourth-order valence-corrected chi connectivity index (χ4v) is 2.97. The summed E-state index contributed by atoms with van der Waals surface area (Å²) in [5, 5.41) is 11.3. The number of Topliss-reactive ketones (excluding diaryl/α,β-unsaturated/α-hetero) is 1. The van der Waals surface area contributed by atoms with E-state index in [1.807, 2.05) is 6.07 Å². The number of thioether (sulfide) groups is 1. The van der Waals surface area contributed by atoms with Crippen molar-refractivity contribution in [3.63, 3.8) is 0 Å². The van der Waals surface area contributed by atoms with Gasteiger partial charge in [-0.1, -0.05) is 42.1 Å². The number of anilines is 1. The number of methoxy groups -OCH3 is 1. The van der Waals surface area contributed by atoms with E-state index in [4.69, 9.17) is 4.74 Å². The standard InChI is InChI=1S/C20H17N3O3S/c1-26-16-9-5-8-15(12-16)17(24)13-27-19-11-10-18(22-23-19)21-20(25)14-6-3-2-4-7-14/h2-12H,13H2,1H3,(H,21,22,25). The summed E-state index contributed by atoms with van der Waals surface area (Å²) in [6.45, 7) is 0. The number of hydrogen-bond donors (Lipinski definition) is 1. The Morgan fingerprint density at radius 3 is 2.44 bits per heavy atom. The van der Waals surface area contributed by atoms with Crippen molar-refractivity contribution in [1.29, 1.82) is 0 Å². The maximum absolute atomic E-state index is 12.3. The summed E-state index contributed by atoms with van der Waals surface area (Å²) in [5.41, 5.74) is 1.13. The van der Waals surface area contributed by atoms with Crippen molar-refractivity contribution in [3.8, 4) is 5.75 Å². The van der Waals surface area contributed by atoms with E-state index < -0.39 is 0 Å². The molecule has 1 amide bonds. The van der Waals surface area contributed by atoms with Gasteiger partial charge < -0.3 is 10.1 Å². The van der Waals surface area contributed by atoms with Gasteiger partial charge in [0.2, 0.25) is 0 Å².